The number of aryl methyl sites for hydroxylation is 2. The smallest absolute Gasteiger partial charge is 0.308 e. The summed E-state index contributed by atoms with van der Waals surface area (Å²) >= 11 is 0. The summed E-state index contributed by atoms with van der Waals surface area (Å²) in [5, 5.41) is 0. The molecule has 140 valence electrons. The zero-order chi connectivity index (χ0) is 19.9. The van der Waals surface area contributed by atoms with Crippen molar-refractivity contribution in [2.45, 2.75) is 32.6 Å². The van der Waals surface area contributed by atoms with Gasteiger partial charge in [-0.2, -0.15) is 0 Å². The van der Waals surface area contributed by atoms with Gasteiger partial charge in [0.05, 0.1) is 4.90 Å². The van der Waals surface area contributed by atoms with Gasteiger partial charge in [0.25, 0.3) is 0 Å². The van der Waals surface area contributed by atoms with E-state index in [1.807, 2.05) is 32.9 Å². The molecule has 0 bridgehead atoms. The Labute approximate surface area is 160 Å². The van der Waals surface area contributed by atoms with Gasteiger partial charge in [-0.1, -0.05) is 18.2 Å². The number of rotatable bonds is 3. The van der Waals surface area contributed by atoms with Crippen molar-refractivity contribution in [3.8, 4) is 0 Å². The molecule has 0 saturated carbocycles. The number of sulfone groups is 1. The summed E-state index contributed by atoms with van der Waals surface area (Å²) in [5.41, 5.74) is 6.94. The number of ether oxygens (including phenoxy) is 1. The topological polar surface area (TPSA) is 60.4 Å². The summed E-state index contributed by atoms with van der Waals surface area (Å²) in [6.45, 7) is 7.40. The number of hydrogen-bond acceptors (Lipinski definition) is 4. The second-order valence-electron chi connectivity index (χ2n) is 6.93. The average Bonchev–Trinajstić information content (AvgIpc) is 2.80. The Morgan fingerprint density at radius 1 is 0.963 bits per heavy atom. The molecule has 0 amide bonds. The fraction of sp³-hybridized carbons (Fsp3) is 0.227. The summed E-state index contributed by atoms with van der Waals surface area (Å²) < 4.78 is 28.8. The Bertz CT molecular complexity index is 1100. The minimum Gasteiger partial charge on any atom is -0.426 e. The van der Waals surface area contributed by atoms with E-state index in [2.05, 4.69) is 6.07 Å². The lowest BCUT2D eigenvalue weighted by atomic mass is 9.97. The molecule has 0 N–H and O–H groups in total. The van der Waals surface area contributed by atoms with Gasteiger partial charge in [-0.15, -0.1) is 0 Å². The van der Waals surface area contributed by atoms with Crippen molar-refractivity contribution in [1.82, 2.24) is 0 Å². The Kier molecular flexibility index (Phi) is 4.82. The van der Waals surface area contributed by atoms with Crippen LogP contribution >= 0.6 is 0 Å². The highest BCUT2D eigenvalue weighted by molar-refractivity contribution is 7.90. The minimum atomic E-state index is -3.23. The van der Waals surface area contributed by atoms with Crippen LogP contribution in [0.4, 0.5) is 0 Å². The molecule has 0 radical (unpaired) electrons. The number of hydrogen-bond donors (Lipinski definition) is 0. The molecule has 4 nitrogen and oxygen atoms in total. The van der Waals surface area contributed by atoms with E-state index in [1.54, 1.807) is 24.3 Å². The van der Waals surface area contributed by atoms with Gasteiger partial charge in [-0.05, 0) is 72.9 Å². The number of allylic oxidation sites excluding steroid dienone is 2. The second-order valence-corrected chi connectivity index (χ2v) is 8.94. The highest BCUT2D eigenvalue weighted by atomic mass is 32.2. The molecule has 0 spiro atoms. The zero-order valence-electron chi connectivity index (χ0n) is 16.1. The van der Waals surface area contributed by atoms with Crippen molar-refractivity contribution >= 4 is 33.2 Å². The summed E-state index contributed by atoms with van der Waals surface area (Å²) in [6.07, 6.45) is 3.18. The van der Waals surface area contributed by atoms with Crippen molar-refractivity contribution in [3.05, 3.63) is 69.8 Å². The molecule has 2 aromatic rings. The molecule has 0 aliphatic heterocycles. The SMILES string of the molecule is CC(=O)OC1=C(C)C(=Cc2ccc(S(C)(=O)=O)cc2)c2cc(C)c(C)cc21. The van der Waals surface area contributed by atoms with Gasteiger partial charge < -0.3 is 4.74 Å². The number of fused-ring (bicyclic) bond motifs is 1. The van der Waals surface area contributed by atoms with Crippen LogP contribution < -0.4 is 0 Å². The van der Waals surface area contributed by atoms with Gasteiger partial charge in [-0.3, -0.25) is 4.79 Å². The standard InChI is InChI=1S/C22H22O4S/c1-13-10-20-19(12-17-6-8-18(9-7-17)27(5,24)25)15(3)22(26-16(4)23)21(20)11-14(13)2/h6-12H,1-5H3. The lowest BCUT2D eigenvalue weighted by molar-refractivity contribution is -0.134. The maximum atomic E-state index is 11.6. The number of benzene rings is 2. The van der Waals surface area contributed by atoms with Gasteiger partial charge in [-0.25, -0.2) is 8.42 Å². The normalized spacial score (nSPS) is 15.2. The first-order valence-corrected chi connectivity index (χ1v) is 10.5. The molecule has 27 heavy (non-hydrogen) atoms. The quantitative estimate of drug-likeness (QED) is 0.731. The van der Waals surface area contributed by atoms with Crippen LogP contribution in [0.25, 0.3) is 17.4 Å². The van der Waals surface area contributed by atoms with E-state index in [-0.39, 0.29) is 10.9 Å². The van der Waals surface area contributed by atoms with Crippen LogP contribution in [0.2, 0.25) is 0 Å². The average molecular weight is 382 g/mol. The number of carbonyl (C=O) groups excluding carboxylic acids is 1. The van der Waals surface area contributed by atoms with E-state index in [9.17, 15) is 13.2 Å². The Morgan fingerprint density at radius 2 is 1.52 bits per heavy atom. The molecule has 0 fully saturated rings. The van der Waals surface area contributed by atoms with E-state index < -0.39 is 9.84 Å². The minimum absolute atomic E-state index is 0.288. The molecule has 0 aromatic heterocycles. The van der Waals surface area contributed by atoms with E-state index in [1.165, 1.54) is 13.2 Å². The number of carbonyl (C=O) groups is 1. The Balaban J connectivity index is 2.15. The molecule has 0 atom stereocenters. The van der Waals surface area contributed by atoms with Crippen molar-refractivity contribution in [2.24, 2.45) is 0 Å². The Hall–Kier alpha value is -2.66. The van der Waals surface area contributed by atoms with Crippen LogP contribution in [0, 0.1) is 13.8 Å². The van der Waals surface area contributed by atoms with Crippen LogP contribution in [0.5, 0.6) is 0 Å². The predicted octanol–water partition coefficient (Wildman–Crippen LogP) is 4.56. The maximum Gasteiger partial charge on any atom is 0.308 e. The van der Waals surface area contributed by atoms with Gasteiger partial charge >= 0.3 is 5.97 Å². The molecule has 3 rings (SSSR count). The highest BCUT2D eigenvalue weighted by Crippen LogP contribution is 2.43. The van der Waals surface area contributed by atoms with Crippen LogP contribution in [0.15, 0.2) is 46.9 Å². The zero-order valence-corrected chi connectivity index (χ0v) is 16.9. The first kappa shape index (κ1) is 19.1. The molecular formula is C22H22O4S. The van der Waals surface area contributed by atoms with E-state index in [0.29, 0.717) is 5.76 Å². The van der Waals surface area contributed by atoms with Crippen molar-refractivity contribution in [2.75, 3.05) is 6.26 Å². The summed E-state index contributed by atoms with van der Waals surface area (Å²) in [7, 11) is -3.23. The fourth-order valence-electron chi connectivity index (χ4n) is 3.19. The van der Waals surface area contributed by atoms with Crippen molar-refractivity contribution < 1.29 is 17.9 Å². The van der Waals surface area contributed by atoms with Gasteiger partial charge in [0.2, 0.25) is 0 Å². The largest absolute Gasteiger partial charge is 0.426 e. The summed E-state index contributed by atoms with van der Waals surface area (Å²) in [4.78, 5) is 11.9. The number of esters is 1. The molecule has 0 heterocycles. The lowest BCUT2D eigenvalue weighted by Crippen LogP contribution is -1.98. The van der Waals surface area contributed by atoms with Crippen molar-refractivity contribution in [1.29, 1.82) is 0 Å². The van der Waals surface area contributed by atoms with Crippen LogP contribution in [0.3, 0.4) is 0 Å². The van der Waals surface area contributed by atoms with Crippen molar-refractivity contribution in [3.63, 3.8) is 0 Å². The maximum absolute atomic E-state index is 11.6. The highest BCUT2D eigenvalue weighted by Gasteiger charge is 2.27. The molecule has 2 aromatic carbocycles. The van der Waals surface area contributed by atoms with Crippen LogP contribution in [0.1, 0.15) is 41.7 Å². The molecule has 5 heteroatoms. The Morgan fingerprint density at radius 3 is 2.04 bits per heavy atom. The monoisotopic (exact) mass is 382 g/mol. The first-order valence-electron chi connectivity index (χ1n) is 8.61. The fourth-order valence-corrected chi connectivity index (χ4v) is 3.82. The van der Waals surface area contributed by atoms with Gasteiger partial charge in [0.15, 0.2) is 9.84 Å². The van der Waals surface area contributed by atoms with Crippen LogP contribution in [-0.2, 0) is 19.4 Å². The molecule has 1 aliphatic rings. The molecule has 0 unspecified atom stereocenters. The molecular weight excluding hydrogens is 360 g/mol. The third-order valence-electron chi connectivity index (χ3n) is 4.78. The summed E-state index contributed by atoms with van der Waals surface area (Å²) in [5.74, 6) is 0.229. The lowest BCUT2D eigenvalue weighted by Gasteiger charge is -2.09. The predicted molar refractivity (Wildman–Crippen MR) is 108 cm³/mol. The second kappa shape index (κ2) is 6.82. The van der Waals surface area contributed by atoms with E-state index in [0.717, 1.165) is 39.0 Å². The molecule has 1 aliphatic carbocycles. The third-order valence-corrected chi connectivity index (χ3v) is 5.91. The third kappa shape index (κ3) is 3.74. The van der Waals surface area contributed by atoms with Gasteiger partial charge in [0.1, 0.15) is 5.76 Å². The molecule has 0 saturated heterocycles. The van der Waals surface area contributed by atoms with Crippen LogP contribution in [-0.4, -0.2) is 20.6 Å². The summed E-state index contributed by atoms with van der Waals surface area (Å²) in [6, 6.07) is 10.9. The first-order chi connectivity index (χ1) is 12.6. The van der Waals surface area contributed by atoms with Gasteiger partial charge in [0, 0.05) is 24.3 Å². The van der Waals surface area contributed by atoms with E-state index in [4.69, 9.17) is 4.74 Å². The van der Waals surface area contributed by atoms with E-state index >= 15 is 0 Å².